The molecule has 0 heterocycles. The summed E-state index contributed by atoms with van der Waals surface area (Å²) in [5, 5.41) is 20.3. The molecule has 1 rings (SSSR count). The molecule has 80 valence electrons. The average molecular weight is 207 g/mol. The topological polar surface area (TPSA) is 69.9 Å². The molecular weight excluding hydrogens is 194 g/mol. The van der Waals surface area contributed by atoms with Crippen LogP contribution in [0.25, 0.3) is 0 Å². The molecule has 0 saturated carbocycles. The van der Waals surface area contributed by atoms with Gasteiger partial charge in [0.05, 0.1) is 5.41 Å². The SMILES string of the molecule is CC(CC=NO)(C(=O)O)c1ccccc1. The Morgan fingerprint density at radius 2 is 2.07 bits per heavy atom. The number of carbonyl (C=O) groups is 1. The quantitative estimate of drug-likeness (QED) is 0.450. The van der Waals surface area contributed by atoms with Gasteiger partial charge in [-0.3, -0.25) is 4.79 Å². The van der Waals surface area contributed by atoms with Crippen molar-refractivity contribution in [3.8, 4) is 0 Å². The van der Waals surface area contributed by atoms with E-state index in [1.54, 1.807) is 31.2 Å². The number of benzene rings is 1. The second kappa shape index (κ2) is 4.59. The Hall–Kier alpha value is -1.84. The lowest BCUT2D eigenvalue weighted by atomic mass is 9.80. The molecule has 0 aliphatic rings. The molecule has 0 aliphatic heterocycles. The molecule has 4 nitrogen and oxygen atoms in total. The van der Waals surface area contributed by atoms with E-state index in [1.165, 1.54) is 6.21 Å². The predicted molar refractivity (Wildman–Crippen MR) is 56.3 cm³/mol. The summed E-state index contributed by atoms with van der Waals surface area (Å²) < 4.78 is 0. The van der Waals surface area contributed by atoms with Gasteiger partial charge in [0.1, 0.15) is 0 Å². The second-order valence-corrected chi connectivity index (χ2v) is 3.51. The van der Waals surface area contributed by atoms with Gasteiger partial charge in [-0.15, -0.1) is 5.16 Å². The first kappa shape index (κ1) is 11.2. The lowest BCUT2D eigenvalue weighted by Crippen LogP contribution is -2.32. The summed E-state index contributed by atoms with van der Waals surface area (Å²) in [6.45, 7) is 1.60. The molecule has 1 aromatic carbocycles. The number of carboxylic acid groups (broad SMARTS) is 1. The van der Waals surface area contributed by atoms with Gasteiger partial charge in [-0.2, -0.15) is 0 Å². The largest absolute Gasteiger partial charge is 0.481 e. The number of carboxylic acids is 1. The standard InChI is InChI=1S/C11H13NO3/c1-11(10(13)14,7-8-12-15)9-5-3-2-4-6-9/h2-6,8,15H,7H2,1H3,(H,13,14). The van der Waals surface area contributed by atoms with Crippen LogP contribution in [-0.4, -0.2) is 22.5 Å². The van der Waals surface area contributed by atoms with Crippen molar-refractivity contribution in [3.05, 3.63) is 35.9 Å². The van der Waals surface area contributed by atoms with Crippen LogP contribution in [0, 0.1) is 0 Å². The van der Waals surface area contributed by atoms with Crippen LogP contribution < -0.4 is 0 Å². The summed E-state index contributed by atoms with van der Waals surface area (Å²) in [6, 6.07) is 8.89. The van der Waals surface area contributed by atoms with Gasteiger partial charge in [0, 0.05) is 12.6 Å². The Morgan fingerprint density at radius 3 is 2.53 bits per heavy atom. The van der Waals surface area contributed by atoms with E-state index < -0.39 is 11.4 Å². The predicted octanol–water partition coefficient (Wildman–Crippen LogP) is 1.88. The van der Waals surface area contributed by atoms with Crippen LogP contribution in [0.1, 0.15) is 18.9 Å². The monoisotopic (exact) mass is 207 g/mol. The number of oxime groups is 1. The molecule has 1 unspecified atom stereocenters. The fourth-order valence-corrected chi connectivity index (χ4v) is 1.36. The van der Waals surface area contributed by atoms with Crippen molar-refractivity contribution < 1.29 is 15.1 Å². The van der Waals surface area contributed by atoms with E-state index in [4.69, 9.17) is 10.3 Å². The number of aliphatic carboxylic acids is 1. The summed E-state index contributed by atoms with van der Waals surface area (Å²) >= 11 is 0. The molecule has 0 amide bonds. The van der Waals surface area contributed by atoms with Gasteiger partial charge >= 0.3 is 5.97 Å². The molecule has 0 aliphatic carbocycles. The van der Waals surface area contributed by atoms with Gasteiger partial charge in [0.2, 0.25) is 0 Å². The highest BCUT2D eigenvalue weighted by Gasteiger charge is 2.34. The third-order valence-electron chi connectivity index (χ3n) is 2.46. The van der Waals surface area contributed by atoms with Crippen LogP contribution in [0.3, 0.4) is 0 Å². The maximum Gasteiger partial charge on any atom is 0.314 e. The van der Waals surface area contributed by atoms with Crippen molar-refractivity contribution in [1.29, 1.82) is 0 Å². The molecule has 1 atom stereocenters. The first-order chi connectivity index (χ1) is 7.11. The Morgan fingerprint density at radius 1 is 1.47 bits per heavy atom. The highest BCUT2D eigenvalue weighted by atomic mass is 16.4. The Labute approximate surface area is 87.9 Å². The summed E-state index contributed by atoms with van der Waals surface area (Å²) in [5.41, 5.74) is -0.356. The van der Waals surface area contributed by atoms with Crippen molar-refractivity contribution in [2.75, 3.05) is 0 Å². The Bertz CT molecular complexity index is 361. The molecule has 0 radical (unpaired) electrons. The Kier molecular flexibility index (Phi) is 3.44. The Balaban J connectivity index is 3.07. The van der Waals surface area contributed by atoms with E-state index in [0.717, 1.165) is 0 Å². The van der Waals surface area contributed by atoms with Gasteiger partial charge in [0.15, 0.2) is 0 Å². The normalized spacial score (nSPS) is 15.0. The molecule has 4 heteroatoms. The summed E-state index contributed by atoms with van der Waals surface area (Å²) in [5.74, 6) is -0.936. The summed E-state index contributed by atoms with van der Waals surface area (Å²) in [4.78, 5) is 11.2. The molecule has 15 heavy (non-hydrogen) atoms. The van der Waals surface area contributed by atoms with Gasteiger partial charge in [-0.05, 0) is 12.5 Å². The van der Waals surface area contributed by atoms with Crippen LogP contribution in [0.15, 0.2) is 35.5 Å². The fourth-order valence-electron chi connectivity index (χ4n) is 1.36. The zero-order valence-electron chi connectivity index (χ0n) is 8.42. The number of hydrogen-bond donors (Lipinski definition) is 2. The molecule has 1 aromatic rings. The van der Waals surface area contributed by atoms with Gasteiger partial charge in [-0.1, -0.05) is 30.3 Å². The fraction of sp³-hybridized carbons (Fsp3) is 0.273. The van der Waals surface area contributed by atoms with E-state index >= 15 is 0 Å². The van der Waals surface area contributed by atoms with Crippen molar-refractivity contribution in [2.24, 2.45) is 5.16 Å². The van der Waals surface area contributed by atoms with Crippen molar-refractivity contribution >= 4 is 12.2 Å². The van der Waals surface area contributed by atoms with E-state index in [2.05, 4.69) is 5.16 Å². The minimum Gasteiger partial charge on any atom is -0.481 e. The number of hydrogen-bond acceptors (Lipinski definition) is 3. The molecule has 0 aromatic heterocycles. The van der Waals surface area contributed by atoms with E-state index in [-0.39, 0.29) is 6.42 Å². The third kappa shape index (κ3) is 2.34. The maximum atomic E-state index is 11.2. The highest BCUT2D eigenvalue weighted by Crippen LogP contribution is 2.26. The maximum absolute atomic E-state index is 11.2. The van der Waals surface area contributed by atoms with Crippen molar-refractivity contribution in [2.45, 2.75) is 18.8 Å². The minimum absolute atomic E-state index is 0.156. The zero-order valence-corrected chi connectivity index (χ0v) is 8.42. The lowest BCUT2D eigenvalue weighted by Gasteiger charge is -2.23. The summed E-state index contributed by atoms with van der Waals surface area (Å²) in [6.07, 6.45) is 1.35. The van der Waals surface area contributed by atoms with E-state index in [1.807, 2.05) is 6.07 Å². The highest BCUT2D eigenvalue weighted by molar-refractivity contribution is 5.84. The zero-order chi connectivity index (χ0) is 11.3. The first-order valence-electron chi connectivity index (χ1n) is 4.56. The van der Waals surface area contributed by atoms with Crippen molar-refractivity contribution in [1.82, 2.24) is 0 Å². The van der Waals surface area contributed by atoms with Gasteiger partial charge in [-0.25, -0.2) is 0 Å². The number of nitrogens with zero attached hydrogens (tertiary/aromatic N) is 1. The minimum atomic E-state index is -1.05. The molecular formula is C11H13NO3. The summed E-state index contributed by atoms with van der Waals surface area (Å²) in [7, 11) is 0. The molecule has 0 fully saturated rings. The first-order valence-corrected chi connectivity index (χ1v) is 4.56. The number of rotatable bonds is 4. The molecule has 0 bridgehead atoms. The van der Waals surface area contributed by atoms with Crippen LogP contribution in [0.4, 0.5) is 0 Å². The van der Waals surface area contributed by atoms with Gasteiger partial charge < -0.3 is 10.3 Å². The lowest BCUT2D eigenvalue weighted by molar-refractivity contribution is -0.142. The van der Waals surface area contributed by atoms with Crippen LogP contribution >= 0.6 is 0 Å². The second-order valence-electron chi connectivity index (χ2n) is 3.51. The average Bonchev–Trinajstić information content (AvgIpc) is 2.27. The third-order valence-corrected chi connectivity index (χ3v) is 2.46. The molecule has 2 N–H and O–H groups in total. The van der Waals surface area contributed by atoms with Crippen molar-refractivity contribution in [3.63, 3.8) is 0 Å². The van der Waals surface area contributed by atoms with E-state index in [9.17, 15) is 4.79 Å². The van der Waals surface area contributed by atoms with Crippen LogP contribution in [0.2, 0.25) is 0 Å². The smallest absolute Gasteiger partial charge is 0.314 e. The van der Waals surface area contributed by atoms with Crippen LogP contribution in [-0.2, 0) is 10.2 Å². The van der Waals surface area contributed by atoms with E-state index in [0.29, 0.717) is 5.56 Å². The van der Waals surface area contributed by atoms with Crippen LogP contribution in [0.5, 0.6) is 0 Å². The molecule has 0 saturated heterocycles. The van der Waals surface area contributed by atoms with Gasteiger partial charge in [0.25, 0.3) is 0 Å². The molecule has 0 spiro atoms.